The topological polar surface area (TPSA) is 93.7 Å². The lowest BCUT2D eigenvalue weighted by atomic mass is 9.90. The first-order chi connectivity index (χ1) is 11.7. The number of hydrogen-bond acceptors (Lipinski definition) is 5. The van der Waals surface area contributed by atoms with Gasteiger partial charge < -0.3 is 14.8 Å². The molecule has 0 spiro atoms. The third-order valence-electron chi connectivity index (χ3n) is 4.38. The van der Waals surface area contributed by atoms with E-state index in [2.05, 4.69) is 10.6 Å². The number of amides is 3. The molecule has 0 bridgehead atoms. The number of ether oxygens (including phenoxy) is 2. The first kappa shape index (κ1) is 20.6. The Kier molecular flexibility index (Phi) is 7.57. The highest BCUT2D eigenvalue weighted by Gasteiger charge is 2.20. The molecule has 0 heterocycles. The molecule has 0 aromatic heterocycles. The van der Waals surface area contributed by atoms with Gasteiger partial charge in [0.1, 0.15) is 0 Å². The molecule has 7 nitrogen and oxygen atoms in total. The van der Waals surface area contributed by atoms with Crippen LogP contribution in [0.3, 0.4) is 0 Å². The summed E-state index contributed by atoms with van der Waals surface area (Å²) in [6, 6.07) is -0.660. The Morgan fingerprint density at radius 1 is 0.880 bits per heavy atom. The molecule has 0 fully saturated rings. The number of carbonyl (C=O) groups excluding carboxylic acids is 3. The minimum atomic E-state index is -0.695. The molecule has 1 aromatic carbocycles. The zero-order chi connectivity index (χ0) is 19.1. The average molecular weight is 350 g/mol. The van der Waals surface area contributed by atoms with Crippen molar-refractivity contribution in [2.75, 3.05) is 26.9 Å². The fraction of sp³-hybridized carbons (Fsp3) is 0.500. The minimum absolute atomic E-state index is 0.274. The standard InChI is InChI=1S/C18H26N2O5/c1-10-11(2)13(4)16(14(5)12(10)3)17(22)25-9-15(21)20-18(23)19-7-8-24-6/h7-9H2,1-6H3,(H2,19,20,21,23). The highest BCUT2D eigenvalue weighted by molar-refractivity contribution is 5.98. The molecule has 25 heavy (non-hydrogen) atoms. The molecule has 1 rings (SSSR count). The molecule has 7 heteroatoms. The van der Waals surface area contributed by atoms with Gasteiger partial charge in [-0.3, -0.25) is 10.1 Å². The Bertz CT molecular complexity index is 654. The number of nitrogens with one attached hydrogen (secondary N) is 2. The van der Waals surface area contributed by atoms with Crippen molar-refractivity contribution >= 4 is 17.9 Å². The van der Waals surface area contributed by atoms with Crippen molar-refractivity contribution in [3.63, 3.8) is 0 Å². The highest BCUT2D eigenvalue weighted by atomic mass is 16.5. The average Bonchev–Trinajstić information content (AvgIpc) is 2.56. The van der Waals surface area contributed by atoms with E-state index < -0.39 is 24.5 Å². The van der Waals surface area contributed by atoms with Crippen LogP contribution in [-0.2, 0) is 14.3 Å². The molecule has 138 valence electrons. The summed E-state index contributed by atoms with van der Waals surface area (Å²) in [6.45, 7) is 9.70. The predicted octanol–water partition coefficient (Wildman–Crippen LogP) is 1.86. The Balaban J connectivity index is 2.69. The van der Waals surface area contributed by atoms with Crippen LogP contribution in [0.1, 0.15) is 38.2 Å². The first-order valence-corrected chi connectivity index (χ1v) is 8.01. The van der Waals surface area contributed by atoms with E-state index in [9.17, 15) is 14.4 Å². The molecule has 2 N–H and O–H groups in total. The van der Waals surface area contributed by atoms with Crippen molar-refractivity contribution in [2.24, 2.45) is 0 Å². The maximum atomic E-state index is 12.4. The Morgan fingerprint density at radius 2 is 1.40 bits per heavy atom. The smallest absolute Gasteiger partial charge is 0.339 e. The first-order valence-electron chi connectivity index (χ1n) is 8.01. The predicted molar refractivity (Wildman–Crippen MR) is 93.8 cm³/mol. The second-order valence-corrected chi connectivity index (χ2v) is 5.87. The van der Waals surface area contributed by atoms with Gasteiger partial charge in [0.05, 0.1) is 12.2 Å². The number of hydrogen-bond donors (Lipinski definition) is 2. The zero-order valence-electron chi connectivity index (χ0n) is 15.7. The largest absolute Gasteiger partial charge is 0.452 e. The van der Waals surface area contributed by atoms with Gasteiger partial charge in [-0.05, 0) is 62.4 Å². The molecular formula is C18H26N2O5. The number of rotatable bonds is 6. The monoisotopic (exact) mass is 350 g/mol. The Hall–Kier alpha value is -2.41. The Labute approximate surface area is 148 Å². The minimum Gasteiger partial charge on any atom is -0.452 e. The van der Waals surface area contributed by atoms with Crippen molar-refractivity contribution in [2.45, 2.75) is 34.6 Å². The number of benzene rings is 1. The fourth-order valence-electron chi connectivity index (χ4n) is 2.48. The number of carbonyl (C=O) groups is 3. The third-order valence-corrected chi connectivity index (χ3v) is 4.38. The number of methoxy groups -OCH3 is 1. The van der Waals surface area contributed by atoms with Crippen molar-refractivity contribution in [3.8, 4) is 0 Å². The van der Waals surface area contributed by atoms with Crippen molar-refractivity contribution in [1.29, 1.82) is 0 Å². The van der Waals surface area contributed by atoms with Crippen LogP contribution in [0, 0.1) is 34.6 Å². The van der Waals surface area contributed by atoms with E-state index in [-0.39, 0.29) is 6.54 Å². The van der Waals surface area contributed by atoms with Crippen LogP contribution in [0.15, 0.2) is 0 Å². The van der Waals surface area contributed by atoms with E-state index in [0.717, 1.165) is 27.8 Å². The molecule has 0 aliphatic carbocycles. The van der Waals surface area contributed by atoms with Crippen LogP contribution in [0.25, 0.3) is 0 Å². The summed E-state index contributed by atoms with van der Waals surface area (Å²) < 4.78 is 9.85. The maximum Gasteiger partial charge on any atom is 0.339 e. The number of esters is 1. The van der Waals surface area contributed by atoms with E-state index >= 15 is 0 Å². The van der Waals surface area contributed by atoms with Gasteiger partial charge in [0.25, 0.3) is 5.91 Å². The lowest BCUT2D eigenvalue weighted by Crippen LogP contribution is -2.42. The summed E-state index contributed by atoms with van der Waals surface area (Å²) in [5.74, 6) is -1.27. The van der Waals surface area contributed by atoms with Crippen molar-refractivity contribution in [1.82, 2.24) is 10.6 Å². The van der Waals surface area contributed by atoms with Crippen LogP contribution in [0.5, 0.6) is 0 Å². The molecule has 1 aromatic rings. The van der Waals surface area contributed by atoms with Gasteiger partial charge in [0.2, 0.25) is 0 Å². The van der Waals surface area contributed by atoms with Gasteiger partial charge in [0, 0.05) is 13.7 Å². The summed E-state index contributed by atoms with van der Waals surface area (Å²) in [6.07, 6.45) is 0. The van der Waals surface area contributed by atoms with Gasteiger partial charge in [-0.15, -0.1) is 0 Å². The molecule has 0 radical (unpaired) electrons. The van der Waals surface area contributed by atoms with Crippen molar-refractivity contribution in [3.05, 3.63) is 33.4 Å². The normalized spacial score (nSPS) is 10.3. The molecule has 0 aliphatic rings. The van der Waals surface area contributed by atoms with Gasteiger partial charge >= 0.3 is 12.0 Å². The lowest BCUT2D eigenvalue weighted by Gasteiger charge is -2.17. The number of urea groups is 1. The highest BCUT2D eigenvalue weighted by Crippen LogP contribution is 2.26. The summed E-state index contributed by atoms with van der Waals surface area (Å²) in [5, 5.41) is 4.52. The fourth-order valence-corrected chi connectivity index (χ4v) is 2.48. The van der Waals surface area contributed by atoms with Gasteiger partial charge in [-0.25, -0.2) is 9.59 Å². The van der Waals surface area contributed by atoms with E-state index in [1.165, 1.54) is 7.11 Å². The summed E-state index contributed by atoms with van der Waals surface area (Å²) in [5.41, 5.74) is 5.33. The van der Waals surface area contributed by atoms with Crippen LogP contribution < -0.4 is 10.6 Å². The van der Waals surface area contributed by atoms with Gasteiger partial charge in [-0.2, -0.15) is 0 Å². The van der Waals surface area contributed by atoms with Crippen molar-refractivity contribution < 1.29 is 23.9 Å². The van der Waals surface area contributed by atoms with Crippen LogP contribution >= 0.6 is 0 Å². The molecule has 0 saturated heterocycles. The molecular weight excluding hydrogens is 324 g/mol. The summed E-state index contributed by atoms with van der Waals surface area (Å²) in [7, 11) is 1.50. The SMILES string of the molecule is COCCNC(=O)NC(=O)COC(=O)c1c(C)c(C)c(C)c(C)c1C. The molecule has 0 unspecified atom stereocenters. The molecule has 0 saturated carbocycles. The summed E-state index contributed by atoms with van der Waals surface area (Å²) in [4.78, 5) is 35.5. The Morgan fingerprint density at radius 3 is 1.92 bits per heavy atom. The van der Waals surface area contributed by atoms with Crippen LogP contribution in [0.2, 0.25) is 0 Å². The van der Waals surface area contributed by atoms with Gasteiger partial charge in [-0.1, -0.05) is 0 Å². The second kappa shape index (κ2) is 9.17. The van der Waals surface area contributed by atoms with Crippen LogP contribution in [0.4, 0.5) is 4.79 Å². The zero-order valence-corrected chi connectivity index (χ0v) is 15.7. The van der Waals surface area contributed by atoms with E-state index in [1.54, 1.807) is 0 Å². The van der Waals surface area contributed by atoms with Gasteiger partial charge in [0.15, 0.2) is 6.61 Å². The third kappa shape index (κ3) is 5.29. The quantitative estimate of drug-likeness (QED) is 0.603. The molecule has 0 atom stereocenters. The van der Waals surface area contributed by atoms with E-state index in [4.69, 9.17) is 9.47 Å². The molecule has 0 aliphatic heterocycles. The van der Waals surface area contributed by atoms with E-state index in [1.807, 2.05) is 34.6 Å². The summed E-state index contributed by atoms with van der Waals surface area (Å²) >= 11 is 0. The maximum absolute atomic E-state index is 12.4. The van der Waals surface area contributed by atoms with Crippen LogP contribution in [-0.4, -0.2) is 44.8 Å². The van der Waals surface area contributed by atoms with E-state index in [0.29, 0.717) is 12.2 Å². The lowest BCUT2D eigenvalue weighted by molar-refractivity contribution is -0.123. The second-order valence-electron chi connectivity index (χ2n) is 5.87. The number of imide groups is 1. The molecule has 3 amide bonds.